The van der Waals surface area contributed by atoms with Gasteiger partial charge in [-0.1, -0.05) is 23.2 Å². The molecule has 0 saturated heterocycles. The summed E-state index contributed by atoms with van der Waals surface area (Å²) in [5.41, 5.74) is 0.969. The van der Waals surface area contributed by atoms with Gasteiger partial charge < -0.3 is 4.57 Å². The highest BCUT2D eigenvalue weighted by molar-refractivity contribution is 7.90. The first kappa shape index (κ1) is 21.0. The van der Waals surface area contributed by atoms with Crippen molar-refractivity contribution in [2.24, 2.45) is 0 Å². The first-order valence-electron chi connectivity index (χ1n) is 7.78. The van der Waals surface area contributed by atoms with Gasteiger partial charge in [-0.3, -0.25) is 10.1 Å². The third-order valence-electron chi connectivity index (χ3n) is 3.52. The third kappa shape index (κ3) is 5.02. The molecule has 3 aromatic rings. The minimum atomic E-state index is -3.60. The van der Waals surface area contributed by atoms with Crippen LogP contribution in [0.5, 0.6) is 0 Å². The lowest BCUT2D eigenvalue weighted by Gasteiger charge is -2.08. The first-order valence-corrected chi connectivity index (χ1v) is 11.2. The number of benzene rings is 1. The molecule has 8 nitrogen and oxygen atoms in total. The van der Waals surface area contributed by atoms with E-state index in [1.165, 1.54) is 6.08 Å². The Bertz CT molecular complexity index is 1250. The normalized spacial score (nSPS) is 11.9. The summed E-state index contributed by atoms with van der Waals surface area (Å²) in [6.07, 6.45) is 4.06. The maximum Gasteiger partial charge on any atom is 0.268 e. The number of carbonyl (C=O) groups excluding carboxylic acids is 1. The van der Waals surface area contributed by atoms with Crippen LogP contribution >= 0.6 is 34.7 Å². The predicted molar refractivity (Wildman–Crippen MR) is 111 cm³/mol. The number of rotatable bonds is 5. The van der Waals surface area contributed by atoms with E-state index in [-0.39, 0.29) is 10.7 Å². The number of hydrogen-bond donors (Lipinski definition) is 1. The van der Waals surface area contributed by atoms with Crippen LogP contribution in [-0.2, 0) is 14.6 Å². The van der Waals surface area contributed by atoms with Crippen LogP contribution in [0, 0.1) is 11.3 Å². The summed E-state index contributed by atoms with van der Waals surface area (Å²) in [7, 11) is -3.60. The minimum Gasteiger partial charge on any atom is -0.317 e. The van der Waals surface area contributed by atoms with Crippen LogP contribution in [0.2, 0.25) is 10.0 Å². The number of carbonyl (C=O) groups is 1. The molecule has 0 bridgehead atoms. The van der Waals surface area contributed by atoms with Gasteiger partial charge in [0.25, 0.3) is 11.1 Å². The van der Waals surface area contributed by atoms with E-state index in [1.807, 2.05) is 6.07 Å². The molecule has 0 aliphatic rings. The fraction of sp³-hybridized carbons (Fsp3) is 0.0588. The average molecular weight is 468 g/mol. The lowest BCUT2D eigenvalue weighted by Crippen LogP contribution is -2.13. The summed E-state index contributed by atoms with van der Waals surface area (Å²) >= 11 is 12.8. The van der Waals surface area contributed by atoms with Crippen molar-refractivity contribution in [3.05, 3.63) is 57.8 Å². The molecule has 0 radical (unpaired) electrons. The zero-order valence-corrected chi connectivity index (χ0v) is 17.8. The van der Waals surface area contributed by atoms with Gasteiger partial charge in [-0.2, -0.15) is 14.6 Å². The van der Waals surface area contributed by atoms with Crippen LogP contribution in [0.3, 0.4) is 0 Å². The number of anilines is 1. The summed E-state index contributed by atoms with van der Waals surface area (Å²) in [5.74, 6) is -0.749. The van der Waals surface area contributed by atoms with E-state index in [4.69, 9.17) is 23.2 Å². The summed E-state index contributed by atoms with van der Waals surface area (Å²) in [4.78, 5) is 16.2. The quantitative estimate of drug-likeness (QED) is 0.452. The molecule has 1 amide bonds. The molecule has 0 fully saturated rings. The molecule has 0 spiro atoms. The van der Waals surface area contributed by atoms with Gasteiger partial charge in [-0.15, -0.1) is 0 Å². The molecule has 1 N–H and O–H groups in total. The molecule has 29 heavy (non-hydrogen) atoms. The Morgan fingerprint density at radius 3 is 2.59 bits per heavy atom. The van der Waals surface area contributed by atoms with Crippen molar-refractivity contribution >= 4 is 61.7 Å². The Morgan fingerprint density at radius 2 is 2.00 bits per heavy atom. The van der Waals surface area contributed by atoms with Gasteiger partial charge in [-0.05, 0) is 36.4 Å². The number of hydrogen-bond acceptors (Lipinski definition) is 7. The van der Waals surface area contributed by atoms with E-state index in [2.05, 4.69) is 14.7 Å². The van der Waals surface area contributed by atoms with Crippen LogP contribution in [0.1, 0.15) is 5.69 Å². The summed E-state index contributed by atoms with van der Waals surface area (Å²) in [5, 5.41) is 12.2. The molecule has 2 heterocycles. The number of sulfone groups is 1. The highest BCUT2D eigenvalue weighted by Crippen LogP contribution is 2.24. The van der Waals surface area contributed by atoms with Crippen LogP contribution in [0.4, 0.5) is 5.13 Å². The van der Waals surface area contributed by atoms with Crippen LogP contribution in [0.25, 0.3) is 11.8 Å². The Morgan fingerprint density at radius 1 is 1.31 bits per heavy atom. The molecule has 148 valence electrons. The molecule has 2 aromatic heterocycles. The van der Waals surface area contributed by atoms with Crippen LogP contribution in [-0.4, -0.2) is 34.5 Å². The largest absolute Gasteiger partial charge is 0.317 e. The zero-order valence-electron chi connectivity index (χ0n) is 14.6. The second kappa shape index (κ2) is 8.34. The average Bonchev–Trinajstić information content (AvgIpc) is 3.27. The lowest BCUT2D eigenvalue weighted by atomic mass is 10.2. The Balaban J connectivity index is 1.89. The van der Waals surface area contributed by atoms with E-state index >= 15 is 0 Å². The van der Waals surface area contributed by atoms with Crippen molar-refractivity contribution < 1.29 is 13.2 Å². The second-order valence-corrected chi connectivity index (χ2v) is 9.24. The van der Waals surface area contributed by atoms with Gasteiger partial charge in [0, 0.05) is 45.4 Å². The number of halogens is 2. The van der Waals surface area contributed by atoms with Gasteiger partial charge in [0.05, 0.1) is 0 Å². The fourth-order valence-corrected chi connectivity index (χ4v) is 4.25. The van der Waals surface area contributed by atoms with E-state index in [9.17, 15) is 18.5 Å². The van der Waals surface area contributed by atoms with E-state index in [0.29, 0.717) is 33.0 Å². The van der Waals surface area contributed by atoms with Crippen molar-refractivity contribution in [1.29, 1.82) is 5.26 Å². The molecule has 0 aliphatic carbocycles. The number of aromatic nitrogens is 3. The molecule has 0 aliphatic heterocycles. The monoisotopic (exact) mass is 467 g/mol. The van der Waals surface area contributed by atoms with E-state index in [0.717, 1.165) is 6.26 Å². The van der Waals surface area contributed by atoms with Crippen molar-refractivity contribution in [2.45, 2.75) is 5.16 Å². The molecule has 0 atom stereocenters. The van der Waals surface area contributed by atoms with Crippen molar-refractivity contribution in [1.82, 2.24) is 13.9 Å². The van der Waals surface area contributed by atoms with E-state index < -0.39 is 20.9 Å². The number of nitriles is 1. The standard InChI is InChI=1S/C17H11Cl2N5O3S2/c1-29(26,27)17-22-16(28-23-17)21-15(25)10(9-20)5-13-3-2-4-24(13)14-7-11(18)6-12(19)8-14/h2-8H,1H3,(H,21,22,23,25)/b10-5-. The number of amides is 1. The Hall–Kier alpha value is -2.71. The topological polar surface area (TPSA) is 118 Å². The fourth-order valence-electron chi connectivity index (χ4n) is 2.30. The molecule has 3 rings (SSSR count). The first-order chi connectivity index (χ1) is 13.7. The second-order valence-electron chi connectivity index (χ2n) is 5.71. The highest BCUT2D eigenvalue weighted by atomic mass is 35.5. The zero-order chi connectivity index (χ0) is 21.2. The highest BCUT2D eigenvalue weighted by Gasteiger charge is 2.18. The van der Waals surface area contributed by atoms with Gasteiger partial charge >= 0.3 is 0 Å². The van der Waals surface area contributed by atoms with E-state index in [1.54, 1.807) is 41.1 Å². The lowest BCUT2D eigenvalue weighted by molar-refractivity contribution is -0.112. The van der Waals surface area contributed by atoms with Crippen molar-refractivity contribution in [3.8, 4) is 11.8 Å². The molecule has 0 unspecified atom stereocenters. The van der Waals surface area contributed by atoms with Gasteiger partial charge in [0.15, 0.2) is 0 Å². The van der Waals surface area contributed by atoms with Crippen LogP contribution in [0.15, 0.2) is 47.3 Å². The molecular formula is C17H11Cl2N5O3S2. The van der Waals surface area contributed by atoms with Gasteiger partial charge in [0.1, 0.15) is 11.6 Å². The van der Waals surface area contributed by atoms with Crippen LogP contribution < -0.4 is 5.32 Å². The minimum absolute atomic E-state index is 0.0337. The maximum absolute atomic E-state index is 12.4. The molecule has 0 saturated carbocycles. The van der Waals surface area contributed by atoms with Crippen molar-refractivity contribution in [2.75, 3.05) is 11.6 Å². The third-order valence-corrected chi connectivity index (χ3v) is 5.55. The number of nitrogens with one attached hydrogen (secondary N) is 1. The summed E-state index contributed by atoms with van der Waals surface area (Å²) in [6.45, 7) is 0. The number of nitrogens with zero attached hydrogens (tertiary/aromatic N) is 4. The Kier molecular flexibility index (Phi) is 6.04. The molecular weight excluding hydrogens is 457 g/mol. The van der Waals surface area contributed by atoms with Gasteiger partial charge in [0.2, 0.25) is 15.0 Å². The van der Waals surface area contributed by atoms with Gasteiger partial charge in [-0.25, -0.2) is 8.42 Å². The maximum atomic E-state index is 12.4. The Labute approximate surface area is 180 Å². The molecule has 12 heteroatoms. The molecule has 1 aromatic carbocycles. The predicted octanol–water partition coefficient (Wildman–Crippen LogP) is 3.58. The van der Waals surface area contributed by atoms with Crippen molar-refractivity contribution in [3.63, 3.8) is 0 Å². The summed E-state index contributed by atoms with van der Waals surface area (Å²) in [6, 6.07) is 10.2. The summed E-state index contributed by atoms with van der Waals surface area (Å²) < 4.78 is 28.2. The smallest absolute Gasteiger partial charge is 0.268 e. The SMILES string of the molecule is CS(=O)(=O)c1nsc(NC(=O)/C(C#N)=C\c2cccn2-c2cc(Cl)cc(Cl)c2)n1.